The van der Waals surface area contributed by atoms with Gasteiger partial charge in [-0.15, -0.1) is 0 Å². The van der Waals surface area contributed by atoms with Gasteiger partial charge in [-0.05, 0) is 56.8 Å². The summed E-state index contributed by atoms with van der Waals surface area (Å²) in [5.41, 5.74) is -0.740. The summed E-state index contributed by atoms with van der Waals surface area (Å²) in [6.45, 7) is 10.1. The number of carboxylic acids is 1. The zero-order valence-corrected chi connectivity index (χ0v) is 24.8. The Kier molecular flexibility index (Phi) is 9.98. The molecule has 41 heavy (non-hydrogen) atoms. The molecule has 4 aliphatic heterocycles. The van der Waals surface area contributed by atoms with Gasteiger partial charge >= 0.3 is 11.9 Å². The molecule has 1 saturated carbocycles. The molecule has 4 saturated heterocycles. The Balaban J connectivity index is 1.21. The molecule has 1 aliphatic carbocycles. The molecule has 12 heteroatoms. The Labute approximate surface area is 241 Å². The lowest BCUT2D eigenvalue weighted by molar-refractivity contribution is -0.576. The number of carboxylic acid groups (broad SMARTS) is 1. The summed E-state index contributed by atoms with van der Waals surface area (Å²) < 4.78 is 18.3. The number of hydrogen-bond donors (Lipinski definition) is 3. The quantitative estimate of drug-likeness (QED) is 0.177. The van der Waals surface area contributed by atoms with Crippen molar-refractivity contribution in [2.45, 2.75) is 122 Å². The highest BCUT2D eigenvalue weighted by Crippen LogP contribution is 2.60. The first kappa shape index (κ1) is 31.7. The monoisotopic (exact) mass is 582 g/mol. The number of ether oxygens (including phenoxy) is 3. The molecule has 4 heterocycles. The topological polar surface area (TPSA) is 159 Å². The molecule has 5 rings (SSSR count). The van der Waals surface area contributed by atoms with E-state index in [-0.39, 0.29) is 61.3 Å². The highest BCUT2D eigenvalue weighted by Gasteiger charge is 2.69. The van der Waals surface area contributed by atoms with Gasteiger partial charge < -0.3 is 30.0 Å². The minimum atomic E-state index is -1.07. The molecule has 2 bridgehead atoms. The number of rotatable bonds is 12. The van der Waals surface area contributed by atoms with Gasteiger partial charge in [0.1, 0.15) is 6.04 Å². The Bertz CT molecular complexity index is 991. The minimum Gasteiger partial charge on any atom is -0.480 e. The van der Waals surface area contributed by atoms with E-state index in [1.807, 2.05) is 27.7 Å². The van der Waals surface area contributed by atoms with Crippen LogP contribution in [0.3, 0.4) is 0 Å². The fourth-order valence-corrected chi connectivity index (χ4v) is 6.94. The van der Waals surface area contributed by atoms with Crippen molar-refractivity contribution in [1.29, 1.82) is 0 Å². The van der Waals surface area contributed by atoms with Crippen LogP contribution in [0.5, 0.6) is 0 Å². The molecule has 0 aromatic carbocycles. The van der Waals surface area contributed by atoms with E-state index in [1.165, 1.54) is 0 Å². The number of amides is 2. The molecule has 232 valence electrons. The number of carbonyl (C=O) groups is 4. The largest absolute Gasteiger partial charge is 0.480 e. The van der Waals surface area contributed by atoms with Crippen molar-refractivity contribution in [3.63, 3.8) is 0 Å². The molecule has 0 radical (unpaired) electrons. The molecule has 0 aromatic heterocycles. The molecular weight excluding hydrogens is 536 g/mol. The number of carbonyl (C=O) groups excluding carboxylic acids is 3. The van der Waals surface area contributed by atoms with Crippen LogP contribution in [0.2, 0.25) is 0 Å². The summed E-state index contributed by atoms with van der Waals surface area (Å²) in [4.78, 5) is 60.3. The zero-order chi connectivity index (χ0) is 29.9. The number of fused-ring (bicyclic) bond motifs is 2. The second-order valence-electron chi connectivity index (χ2n) is 12.8. The second-order valence-corrected chi connectivity index (χ2v) is 12.8. The number of esters is 1. The van der Waals surface area contributed by atoms with Crippen LogP contribution >= 0.6 is 0 Å². The SMILES string of the molecule is CC(C)C[C@H](NC(=O)CCCNC(=O)CCC(=O)O[C@@H]1O[C@H]2O[C@]3(C)CC[C@H]4[C@H](C)CC[C@H]([C@H]1C)[C@@]24OO3)C(=O)O. The maximum Gasteiger partial charge on any atom is 0.326 e. The van der Waals surface area contributed by atoms with Crippen molar-refractivity contribution in [3.8, 4) is 0 Å². The fraction of sp³-hybridized carbons (Fsp3) is 0.862. The molecule has 0 unspecified atom stereocenters. The van der Waals surface area contributed by atoms with Gasteiger partial charge in [-0.2, -0.15) is 0 Å². The third-order valence-corrected chi connectivity index (χ3v) is 9.14. The van der Waals surface area contributed by atoms with Crippen molar-refractivity contribution >= 4 is 23.8 Å². The van der Waals surface area contributed by atoms with E-state index in [0.29, 0.717) is 25.2 Å². The van der Waals surface area contributed by atoms with Gasteiger partial charge in [-0.25, -0.2) is 14.6 Å². The maximum atomic E-state index is 12.7. The molecule has 2 amide bonds. The van der Waals surface area contributed by atoms with E-state index in [0.717, 1.165) is 19.3 Å². The van der Waals surface area contributed by atoms with Crippen LogP contribution in [0.25, 0.3) is 0 Å². The van der Waals surface area contributed by atoms with Crippen molar-refractivity contribution in [2.24, 2.45) is 29.6 Å². The average Bonchev–Trinajstić information content (AvgIpc) is 3.13. The Morgan fingerprint density at radius 2 is 1.76 bits per heavy atom. The number of hydrogen-bond acceptors (Lipinski definition) is 9. The summed E-state index contributed by atoms with van der Waals surface area (Å²) >= 11 is 0. The van der Waals surface area contributed by atoms with Crippen LogP contribution in [0.1, 0.15) is 92.4 Å². The van der Waals surface area contributed by atoms with Gasteiger partial charge in [0.15, 0.2) is 11.9 Å². The van der Waals surface area contributed by atoms with Crippen LogP contribution in [-0.2, 0) is 43.2 Å². The van der Waals surface area contributed by atoms with Crippen molar-refractivity contribution in [3.05, 3.63) is 0 Å². The lowest BCUT2D eigenvalue weighted by Crippen LogP contribution is -2.70. The third kappa shape index (κ3) is 7.03. The summed E-state index contributed by atoms with van der Waals surface area (Å²) in [5.74, 6) is -2.61. The lowest BCUT2D eigenvalue weighted by Gasteiger charge is -2.59. The first-order valence-corrected chi connectivity index (χ1v) is 15.0. The molecular formula is C29H46N2O10. The van der Waals surface area contributed by atoms with Crippen molar-refractivity contribution < 1.29 is 48.3 Å². The molecule has 0 aromatic rings. The van der Waals surface area contributed by atoms with Gasteiger partial charge in [0.05, 0.1) is 6.42 Å². The predicted molar refractivity (Wildman–Crippen MR) is 143 cm³/mol. The average molecular weight is 583 g/mol. The fourth-order valence-electron chi connectivity index (χ4n) is 6.94. The molecule has 5 aliphatic rings. The van der Waals surface area contributed by atoms with Gasteiger partial charge in [0, 0.05) is 37.6 Å². The van der Waals surface area contributed by atoms with Crippen LogP contribution in [0.4, 0.5) is 0 Å². The van der Waals surface area contributed by atoms with Crippen LogP contribution in [-0.4, -0.2) is 65.4 Å². The Hall–Kier alpha value is -2.28. The smallest absolute Gasteiger partial charge is 0.326 e. The van der Waals surface area contributed by atoms with Crippen LogP contribution < -0.4 is 10.6 Å². The molecule has 5 fully saturated rings. The minimum absolute atomic E-state index is 0.0274. The second kappa shape index (κ2) is 12.9. The summed E-state index contributed by atoms with van der Waals surface area (Å²) in [5, 5.41) is 14.5. The normalized spacial score (nSPS) is 36.5. The number of aliphatic carboxylic acids is 1. The Morgan fingerprint density at radius 3 is 2.46 bits per heavy atom. The van der Waals surface area contributed by atoms with Crippen molar-refractivity contribution in [2.75, 3.05) is 6.54 Å². The molecule has 12 nitrogen and oxygen atoms in total. The van der Waals surface area contributed by atoms with Gasteiger partial charge in [0.25, 0.3) is 0 Å². The van der Waals surface area contributed by atoms with E-state index in [2.05, 4.69) is 17.6 Å². The van der Waals surface area contributed by atoms with Gasteiger partial charge in [-0.1, -0.05) is 27.7 Å². The van der Waals surface area contributed by atoms with E-state index in [1.54, 1.807) is 0 Å². The van der Waals surface area contributed by atoms with Gasteiger partial charge in [0.2, 0.25) is 23.9 Å². The summed E-state index contributed by atoms with van der Waals surface area (Å²) in [6.07, 6.45) is 2.56. The van der Waals surface area contributed by atoms with Gasteiger partial charge in [-0.3, -0.25) is 14.4 Å². The van der Waals surface area contributed by atoms with E-state index >= 15 is 0 Å². The van der Waals surface area contributed by atoms with E-state index in [4.69, 9.17) is 24.0 Å². The standard InChI is InChI=1S/C29H46N2O10/c1-16(2)15-21(25(35)36)31-23(33)7-6-14-30-22(32)10-11-24(34)37-26-18(4)20-9-8-17(3)19-12-13-28(5)39-27(38-26)29(19,20)41-40-28/h16-21,26-27H,6-15H2,1-5H3,(H,30,32)(H,31,33)(H,35,36)/t17-,18-,19+,20-,21+,26-,27+,28+,29-/m1/s1. The van der Waals surface area contributed by atoms with E-state index < -0.39 is 41.9 Å². The molecule has 1 spiro atoms. The molecule has 3 N–H and O–H groups in total. The summed E-state index contributed by atoms with van der Waals surface area (Å²) in [6, 6.07) is -0.930. The highest BCUT2D eigenvalue weighted by molar-refractivity contribution is 5.83. The Morgan fingerprint density at radius 1 is 1.00 bits per heavy atom. The first-order chi connectivity index (χ1) is 19.3. The molecule has 9 atom stereocenters. The van der Waals surface area contributed by atoms with E-state index in [9.17, 15) is 24.3 Å². The maximum absolute atomic E-state index is 12.7. The van der Waals surface area contributed by atoms with Crippen molar-refractivity contribution in [1.82, 2.24) is 10.6 Å². The van der Waals surface area contributed by atoms with Crippen LogP contribution in [0, 0.1) is 29.6 Å². The highest BCUT2D eigenvalue weighted by atomic mass is 17.3. The lowest BCUT2D eigenvalue weighted by atomic mass is 9.58. The summed E-state index contributed by atoms with van der Waals surface area (Å²) in [7, 11) is 0. The predicted octanol–water partition coefficient (Wildman–Crippen LogP) is 3.03. The zero-order valence-electron chi connectivity index (χ0n) is 24.8. The number of nitrogens with one attached hydrogen (secondary N) is 2. The van der Waals surface area contributed by atoms with Crippen LogP contribution in [0.15, 0.2) is 0 Å². The third-order valence-electron chi connectivity index (χ3n) is 9.14. The first-order valence-electron chi connectivity index (χ1n) is 15.0.